The van der Waals surface area contributed by atoms with E-state index in [-0.39, 0.29) is 11.9 Å². The predicted molar refractivity (Wildman–Crippen MR) is 91.4 cm³/mol. The molecule has 2 N–H and O–H groups in total. The van der Waals surface area contributed by atoms with Gasteiger partial charge in [-0.05, 0) is 24.9 Å². The zero-order valence-corrected chi connectivity index (χ0v) is 13.8. The maximum atomic E-state index is 12.0. The maximum Gasteiger partial charge on any atom is 0.273 e. The van der Waals surface area contributed by atoms with Gasteiger partial charge in [-0.1, -0.05) is 30.3 Å². The molecule has 1 saturated heterocycles. The van der Waals surface area contributed by atoms with E-state index in [1.165, 1.54) is 11.8 Å². The van der Waals surface area contributed by atoms with Gasteiger partial charge in [-0.25, -0.2) is 4.98 Å². The Morgan fingerprint density at radius 3 is 3.04 bits per heavy atom. The van der Waals surface area contributed by atoms with Gasteiger partial charge < -0.3 is 15.1 Å². The molecule has 0 bridgehead atoms. The molecule has 2 heterocycles. The Balaban J connectivity index is 1.37. The summed E-state index contributed by atoms with van der Waals surface area (Å²) < 4.78 is 5.42. The Labute approximate surface area is 140 Å². The second-order valence-electron chi connectivity index (χ2n) is 5.51. The molecule has 3 rings (SSSR count). The first kappa shape index (κ1) is 16.1. The van der Waals surface area contributed by atoms with E-state index < -0.39 is 0 Å². The van der Waals surface area contributed by atoms with Crippen LogP contribution in [0, 0.1) is 0 Å². The minimum atomic E-state index is -0.168. The van der Waals surface area contributed by atoms with Crippen molar-refractivity contribution in [3.05, 3.63) is 53.7 Å². The molecule has 1 aromatic carbocycles. The Kier molecular flexibility index (Phi) is 5.71. The summed E-state index contributed by atoms with van der Waals surface area (Å²) in [5.74, 6) is 2.28. The van der Waals surface area contributed by atoms with Gasteiger partial charge in [0.15, 0.2) is 5.69 Å². The van der Waals surface area contributed by atoms with E-state index in [9.17, 15) is 4.79 Å². The number of amides is 1. The van der Waals surface area contributed by atoms with Gasteiger partial charge in [0.05, 0.1) is 6.04 Å². The van der Waals surface area contributed by atoms with Gasteiger partial charge in [-0.2, -0.15) is 11.8 Å². The SMILES string of the molecule is O=C(NCCSCc1ccccc1)c1coc(C2CCCN2)n1. The fourth-order valence-electron chi connectivity index (χ4n) is 2.54. The van der Waals surface area contributed by atoms with Crippen molar-refractivity contribution in [2.45, 2.75) is 24.6 Å². The number of benzene rings is 1. The quantitative estimate of drug-likeness (QED) is 0.764. The molecule has 5 nitrogen and oxygen atoms in total. The molecular weight excluding hydrogens is 310 g/mol. The van der Waals surface area contributed by atoms with Crippen LogP contribution in [0.5, 0.6) is 0 Å². The lowest BCUT2D eigenvalue weighted by Gasteiger charge is -2.04. The van der Waals surface area contributed by atoms with Crippen LogP contribution in [0.2, 0.25) is 0 Å². The summed E-state index contributed by atoms with van der Waals surface area (Å²) in [7, 11) is 0. The molecule has 2 aromatic rings. The van der Waals surface area contributed by atoms with Gasteiger partial charge >= 0.3 is 0 Å². The number of oxazole rings is 1. The first-order chi connectivity index (χ1) is 11.3. The predicted octanol–water partition coefficient (Wildman–Crippen LogP) is 2.76. The first-order valence-electron chi connectivity index (χ1n) is 7.91. The van der Waals surface area contributed by atoms with E-state index in [1.807, 2.05) is 18.2 Å². The lowest BCUT2D eigenvalue weighted by Crippen LogP contribution is -2.26. The number of rotatable bonds is 7. The monoisotopic (exact) mass is 331 g/mol. The van der Waals surface area contributed by atoms with Gasteiger partial charge in [0.2, 0.25) is 5.89 Å². The van der Waals surface area contributed by atoms with Crippen molar-refractivity contribution in [1.82, 2.24) is 15.6 Å². The fraction of sp³-hybridized carbons (Fsp3) is 0.412. The molecule has 1 aliphatic heterocycles. The number of hydrogen-bond acceptors (Lipinski definition) is 5. The third-order valence-corrected chi connectivity index (χ3v) is 4.79. The second kappa shape index (κ2) is 8.17. The van der Waals surface area contributed by atoms with Crippen molar-refractivity contribution >= 4 is 17.7 Å². The topological polar surface area (TPSA) is 67.2 Å². The summed E-state index contributed by atoms with van der Waals surface area (Å²) in [6.07, 6.45) is 3.58. The molecule has 122 valence electrons. The lowest BCUT2D eigenvalue weighted by atomic mass is 10.2. The van der Waals surface area contributed by atoms with E-state index in [4.69, 9.17) is 4.42 Å². The van der Waals surface area contributed by atoms with E-state index in [0.29, 0.717) is 18.1 Å². The van der Waals surface area contributed by atoms with Crippen LogP contribution >= 0.6 is 11.8 Å². The number of aromatic nitrogens is 1. The summed E-state index contributed by atoms with van der Waals surface area (Å²) in [6, 6.07) is 10.5. The average molecular weight is 331 g/mol. The van der Waals surface area contributed by atoms with Crippen molar-refractivity contribution in [3.63, 3.8) is 0 Å². The molecule has 1 atom stereocenters. The molecular formula is C17H21N3O2S. The third kappa shape index (κ3) is 4.59. The number of nitrogens with one attached hydrogen (secondary N) is 2. The normalized spacial score (nSPS) is 17.3. The molecule has 0 spiro atoms. The van der Waals surface area contributed by atoms with Gasteiger partial charge in [0.1, 0.15) is 6.26 Å². The average Bonchev–Trinajstić information content (AvgIpc) is 3.26. The number of carbonyl (C=O) groups is 1. The summed E-state index contributed by atoms with van der Waals surface area (Å²) in [6.45, 7) is 1.60. The second-order valence-corrected chi connectivity index (χ2v) is 6.62. The number of carbonyl (C=O) groups excluding carboxylic acids is 1. The molecule has 1 aliphatic rings. The highest BCUT2D eigenvalue weighted by atomic mass is 32.2. The lowest BCUT2D eigenvalue weighted by molar-refractivity contribution is 0.0951. The molecule has 1 aromatic heterocycles. The highest BCUT2D eigenvalue weighted by Crippen LogP contribution is 2.22. The molecule has 1 amide bonds. The molecule has 6 heteroatoms. The van der Waals surface area contributed by atoms with Crippen LogP contribution in [-0.2, 0) is 5.75 Å². The minimum absolute atomic E-state index is 0.151. The van der Waals surface area contributed by atoms with E-state index in [0.717, 1.165) is 30.9 Å². The van der Waals surface area contributed by atoms with Gasteiger partial charge in [-0.3, -0.25) is 4.79 Å². The molecule has 0 saturated carbocycles. The van der Waals surface area contributed by atoms with Gasteiger partial charge in [-0.15, -0.1) is 0 Å². The summed E-state index contributed by atoms with van der Waals surface area (Å²) >= 11 is 1.80. The van der Waals surface area contributed by atoms with Crippen LogP contribution < -0.4 is 10.6 Å². The standard InChI is InChI=1S/C17H21N3O2S/c21-16(15-11-22-17(20-15)14-7-4-8-18-14)19-9-10-23-12-13-5-2-1-3-6-13/h1-3,5-6,11,14,18H,4,7-10,12H2,(H,19,21). The molecule has 0 radical (unpaired) electrons. The Bertz CT molecular complexity index is 624. The number of thioether (sulfide) groups is 1. The smallest absolute Gasteiger partial charge is 0.273 e. The molecule has 1 unspecified atom stereocenters. The molecule has 0 aliphatic carbocycles. The van der Waals surface area contributed by atoms with Crippen molar-refractivity contribution in [2.24, 2.45) is 0 Å². The minimum Gasteiger partial charge on any atom is -0.446 e. The third-order valence-electron chi connectivity index (χ3n) is 3.76. The van der Waals surface area contributed by atoms with Gasteiger partial charge in [0.25, 0.3) is 5.91 Å². The number of nitrogens with zero attached hydrogens (tertiary/aromatic N) is 1. The van der Waals surface area contributed by atoms with Gasteiger partial charge in [0, 0.05) is 18.1 Å². The first-order valence-corrected chi connectivity index (χ1v) is 9.07. The Hall–Kier alpha value is -1.79. The van der Waals surface area contributed by atoms with Crippen molar-refractivity contribution in [1.29, 1.82) is 0 Å². The highest BCUT2D eigenvalue weighted by Gasteiger charge is 2.22. The molecule has 23 heavy (non-hydrogen) atoms. The summed E-state index contributed by atoms with van der Waals surface area (Å²) in [5.41, 5.74) is 1.66. The van der Waals surface area contributed by atoms with Crippen LogP contribution in [0.4, 0.5) is 0 Å². The van der Waals surface area contributed by atoms with Crippen LogP contribution in [0.1, 0.15) is 40.8 Å². The van der Waals surface area contributed by atoms with Crippen LogP contribution in [-0.4, -0.2) is 29.7 Å². The van der Waals surface area contributed by atoms with Crippen molar-refractivity contribution < 1.29 is 9.21 Å². The Morgan fingerprint density at radius 2 is 2.26 bits per heavy atom. The zero-order valence-electron chi connectivity index (χ0n) is 13.0. The maximum absolute atomic E-state index is 12.0. The van der Waals surface area contributed by atoms with E-state index in [2.05, 4.69) is 27.8 Å². The van der Waals surface area contributed by atoms with E-state index in [1.54, 1.807) is 11.8 Å². The van der Waals surface area contributed by atoms with E-state index >= 15 is 0 Å². The van der Waals surface area contributed by atoms with Crippen molar-refractivity contribution in [3.8, 4) is 0 Å². The molecule has 1 fully saturated rings. The van der Waals surface area contributed by atoms with Crippen LogP contribution in [0.15, 0.2) is 41.0 Å². The van der Waals surface area contributed by atoms with Crippen molar-refractivity contribution in [2.75, 3.05) is 18.8 Å². The van der Waals surface area contributed by atoms with Crippen LogP contribution in [0.25, 0.3) is 0 Å². The zero-order chi connectivity index (χ0) is 15.9. The van der Waals surface area contributed by atoms with Crippen LogP contribution in [0.3, 0.4) is 0 Å². The largest absolute Gasteiger partial charge is 0.446 e. The highest BCUT2D eigenvalue weighted by molar-refractivity contribution is 7.98. The number of hydrogen-bond donors (Lipinski definition) is 2. The summed E-state index contributed by atoms with van der Waals surface area (Å²) in [5, 5.41) is 6.20. The summed E-state index contributed by atoms with van der Waals surface area (Å²) in [4.78, 5) is 16.3. The Morgan fingerprint density at radius 1 is 1.39 bits per heavy atom. The fourth-order valence-corrected chi connectivity index (χ4v) is 3.36.